The third-order valence-corrected chi connectivity index (χ3v) is 7.16. The smallest absolute Gasteiger partial charge is 0.181 e. The largest absolute Gasteiger partial charge is 0.472 e. The second-order valence-electron chi connectivity index (χ2n) is 9.57. The molecule has 2 N–H and O–H groups in total. The molecule has 7 nitrogen and oxygen atoms in total. The van der Waals surface area contributed by atoms with Crippen LogP contribution in [0.4, 0.5) is 0 Å². The van der Waals surface area contributed by atoms with Gasteiger partial charge in [-0.3, -0.25) is 15.0 Å². The second kappa shape index (κ2) is 8.77. The number of aromatic nitrogens is 5. The minimum Gasteiger partial charge on any atom is -0.472 e. The van der Waals surface area contributed by atoms with Gasteiger partial charge in [-0.1, -0.05) is 18.6 Å². The summed E-state index contributed by atoms with van der Waals surface area (Å²) in [6.07, 6.45) is 13.2. The monoisotopic (exact) mass is 474 g/mol. The van der Waals surface area contributed by atoms with Gasteiger partial charge in [-0.25, -0.2) is 4.98 Å². The van der Waals surface area contributed by atoms with E-state index in [-0.39, 0.29) is 0 Å². The molecule has 7 rings (SSSR count). The van der Waals surface area contributed by atoms with Crippen LogP contribution < -0.4 is 0 Å². The van der Waals surface area contributed by atoms with E-state index in [1.54, 1.807) is 12.5 Å². The zero-order chi connectivity index (χ0) is 23.9. The van der Waals surface area contributed by atoms with E-state index in [1.165, 1.54) is 37.9 Å². The molecule has 1 aromatic carbocycles. The topological polar surface area (TPSA) is 86.6 Å². The fourth-order valence-corrected chi connectivity index (χ4v) is 5.33. The van der Waals surface area contributed by atoms with Crippen molar-refractivity contribution in [3.05, 3.63) is 79.1 Å². The van der Waals surface area contributed by atoms with E-state index in [2.05, 4.69) is 66.4 Å². The molecule has 0 unspecified atom stereocenters. The Bertz CT molecular complexity index is 1660. The summed E-state index contributed by atoms with van der Waals surface area (Å²) >= 11 is 0. The number of benzene rings is 1. The van der Waals surface area contributed by atoms with E-state index in [0.29, 0.717) is 5.65 Å². The van der Waals surface area contributed by atoms with Crippen LogP contribution in [0.15, 0.2) is 78.0 Å². The maximum Gasteiger partial charge on any atom is 0.181 e. The van der Waals surface area contributed by atoms with E-state index in [0.717, 1.165) is 56.5 Å². The molecular formula is C29H26N6O. The van der Waals surface area contributed by atoms with Gasteiger partial charge in [0.25, 0.3) is 0 Å². The van der Waals surface area contributed by atoms with Crippen molar-refractivity contribution in [1.29, 1.82) is 0 Å². The van der Waals surface area contributed by atoms with Crippen molar-refractivity contribution < 1.29 is 4.42 Å². The highest BCUT2D eigenvalue weighted by Crippen LogP contribution is 2.35. The lowest BCUT2D eigenvalue weighted by Gasteiger charge is -2.26. The average molecular weight is 475 g/mol. The molecule has 36 heavy (non-hydrogen) atoms. The van der Waals surface area contributed by atoms with E-state index in [4.69, 9.17) is 4.42 Å². The molecule has 0 spiro atoms. The van der Waals surface area contributed by atoms with Crippen LogP contribution in [0.1, 0.15) is 24.8 Å². The number of hydrogen-bond donors (Lipinski definition) is 2. The normalized spacial score (nSPS) is 14.7. The number of H-pyrrole nitrogens is 2. The summed E-state index contributed by atoms with van der Waals surface area (Å²) in [6.45, 7) is 3.29. The number of likely N-dealkylation sites (tertiary alicyclic amines) is 1. The molecule has 1 saturated heterocycles. The summed E-state index contributed by atoms with van der Waals surface area (Å²) in [5, 5.41) is 9.79. The highest BCUT2D eigenvalue weighted by molar-refractivity contribution is 6.01. The molecule has 178 valence electrons. The van der Waals surface area contributed by atoms with E-state index >= 15 is 0 Å². The SMILES string of the molecule is c1cc(-c2ccoc2)c2cc(-c3[nH]nc4ncc(-c5cncc(CN6CCCCC6)c5)cc34)[nH]c2c1. The average Bonchev–Trinajstić information content (AvgIpc) is 3.68. The number of nitrogens with zero attached hydrogens (tertiary/aromatic N) is 4. The van der Waals surface area contributed by atoms with E-state index < -0.39 is 0 Å². The highest BCUT2D eigenvalue weighted by atomic mass is 16.3. The van der Waals surface area contributed by atoms with Crippen LogP contribution in [0.25, 0.3) is 55.6 Å². The van der Waals surface area contributed by atoms with Crippen molar-refractivity contribution in [1.82, 2.24) is 30.0 Å². The third kappa shape index (κ3) is 3.78. The lowest BCUT2D eigenvalue weighted by atomic mass is 10.0. The minimum absolute atomic E-state index is 0.694. The molecular weight excluding hydrogens is 448 g/mol. The summed E-state index contributed by atoms with van der Waals surface area (Å²) < 4.78 is 5.32. The summed E-state index contributed by atoms with van der Waals surface area (Å²) in [5.74, 6) is 0. The first kappa shape index (κ1) is 21.1. The zero-order valence-electron chi connectivity index (χ0n) is 19.9. The quantitative estimate of drug-likeness (QED) is 0.301. The van der Waals surface area contributed by atoms with Gasteiger partial charge in [-0.05, 0) is 67.4 Å². The molecule has 1 aliphatic rings. The number of aromatic amines is 2. The molecule has 7 heteroatoms. The summed E-state index contributed by atoms with van der Waals surface area (Å²) in [6, 6.07) is 14.8. The first-order valence-electron chi connectivity index (χ1n) is 12.5. The predicted octanol–water partition coefficient (Wildman–Crippen LogP) is 6.41. The third-order valence-electron chi connectivity index (χ3n) is 7.16. The van der Waals surface area contributed by atoms with Crippen LogP contribution in [0.2, 0.25) is 0 Å². The van der Waals surface area contributed by atoms with Gasteiger partial charge in [0.05, 0.1) is 23.9 Å². The van der Waals surface area contributed by atoms with Crippen LogP contribution in [0, 0.1) is 0 Å². The van der Waals surface area contributed by atoms with Crippen molar-refractivity contribution in [3.63, 3.8) is 0 Å². The number of fused-ring (bicyclic) bond motifs is 2. The van der Waals surface area contributed by atoms with Crippen LogP contribution in [-0.2, 0) is 6.54 Å². The van der Waals surface area contributed by atoms with E-state index in [1.807, 2.05) is 24.7 Å². The Balaban J connectivity index is 1.26. The summed E-state index contributed by atoms with van der Waals surface area (Å²) in [4.78, 5) is 15.3. The zero-order valence-corrected chi connectivity index (χ0v) is 19.9. The number of rotatable bonds is 5. The second-order valence-corrected chi connectivity index (χ2v) is 9.57. The fourth-order valence-electron chi connectivity index (χ4n) is 5.33. The number of nitrogens with one attached hydrogen (secondary N) is 2. The Hall–Kier alpha value is -4.23. The Labute approximate surface area is 208 Å². The van der Waals surface area contributed by atoms with Gasteiger partial charge >= 0.3 is 0 Å². The van der Waals surface area contributed by atoms with E-state index in [9.17, 15) is 0 Å². The van der Waals surface area contributed by atoms with Gasteiger partial charge < -0.3 is 9.40 Å². The molecule has 5 aromatic heterocycles. The lowest BCUT2D eigenvalue weighted by molar-refractivity contribution is 0.220. The van der Waals surface area contributed by atoms with Gasteiger partial charge in [-0.2, -0.15) is 5.10 Å². The van der Waals surface area contributed by atoms with Crippen LogP contribution in [0.5, 0.6) is 0 Å². The van der Waals surface area contributed by atoms with Gasteiger partial charge in [0.15, 0.2) is 5.65 Å². The predicted molar refractivity (Wildman–Crippen MR) is 141 cm³/mol. The van der Waals surface area contributed by atoms with Crippen molar-refractivity contribution in [3.8, 4) is 33.6 Å². The summed E-state index contributed by atoms with van der Waals surface area (Å²) in [7, 11) is 0. The molecule has 0 aliphatic carbocycles. The first-order chi connectivity index (χ1) is 17.8. The maximum absolute atomic E-state index is 5.32. The standard InChI is InChI=1S/C29H26N6O/c1-2-8-35(9-3-1)17-19-11-21(15-30-14-19)22-12-25-28(33-34-29(25)31-16-22)27-13-24-23(20-7-10-36-18-20)5-4-6-26(24)32-27/h4-7,10-16,18,32H,1-3,8-9,17H2,(H,31,33,34). The first-order valence-corrected chi connectivity index (χ1v) is 12.5. The molecule has 6 aromatic rings. The van der Waals surface area contributed by atoms with Crippen molar-refractivity contribution in [2.75, 3.05) is 13.1 Å². The fraction of sp³-hybridized carbons (Fsp3) is 0.207. The number of pyridine rings is 2. The molecule has 0 bridgehead atoms. The molecule has 0 atom stereocenters. The number of hydrogen-bond acceptors (Lipinski definition) is 5. The summed E-state index contributed by atoms with van der Waals surface area (Å²) in [5.41, 5.74) is 9.18. The molecule has 0 amide bonds. The van der Waals surface area contributed by atoms with Crippen molar-refractivity contribution in [2.24, 2.45) is 0 Å². The number of furan rings is 1. The van der Waals surface area contributed by atoms with Crippen LogP contribution in [0.3, 0.4) is 0 Å². The molecule has 6 heterocycles. The highest BCUT2D eigenvalue weighted by Gasteiger charge is 2.16. The Morgan fingerprint density at radius 2 is 1.81 bits per heavy atom. The van der Waals surface area contributed by atoms with Crippen LogP contribution in [-0.4, -0.2) is 43.1 Å². The van der Waals surface area contributed by atoms with Gasteiger partial charge in [0.1, 0.15) is 0 Å². The molecule has 0 saturated carbocycles. The number of piperidine rings is 1. The van der Waals surface area contributed by atoms with Crippen LogP contribution >= 0.6 is 0 Å². The molecule has 1 aliphatic heterocycles. The lowest BCUT2D eigenvalue weighted by Crippen LogP contribution is -2.29. The Morgan fingerprint density at radius 1 is 0.889 bits per heavy atom. The molecule has 1 fully saturated rings. The minimum atomic E-state index is 0.694. The van der Waals surface area contributed by atoms with Gasteiger partial charge in [0, 0.05) is 58.1 Å². The van der Waals surface area contributed by atoms with Gasteiger partial charge in [0.2, 0.25) is 0 Å². The molecule has 0 radical (unpaired) electrons. The van der Waals surface area contributed by atoms with Crippen molar-refractivity contribution in [2.45, 2.75) is 25.8 Å². The Morgan fingerprint density at radius 3 is 2.69 bits per heavy atom. The van der Waals surface area contributed by atoms with Crippen molar-refractivity contribution >= 4 is 21.9 Å². The Kier molecular flexibility index (Phi) is 5.14. The van der Waals surface area contributed by atoms with Gasteiger partial charge in [-0.15, -0.1) is 0 Å². The maximum atomic E-state index is 5.32.